The Labute approximate surface area is 171 Å². The number of ketones is 1. The Morgan fingerprint density at radius 2 is 2.04 bits per heavy atom. The molecule has 140 valence electrons. The predicted molar refractivity (Wildman–Crippen MR) is 111 cm³/mol. The van der Waals surface area contributed by atoms with Crippen LogP contribution in [0.2, 0.25) is 0 Å². The quantitative estimate of drug-likeness (QED) is 0.393. The summed E-state index contributed by atoms with van der Waals surface area (Å²) in [5.74, 6) is 0.494. The molecule has 2 aromatic heterocycles. The first-order valence-electron chi connectivity index (χ1n) is 8.96. The van der Waals surface area contributed by atoms with Crippen molar-refractivity contribution in [2.24, 2.45) is 0 Å². The van der Waals surface area contributed by atoms with Gasteiger partial charge in [-0.05, 0) is 63.4 Å². The number of hydrogen-bond acceptors (Lipinski definition) is 4. The number of Topliss-reactive ketones (excluding diaryl/α,β-unsaturated/α-hetero) is 1. The molecule has 3 aromatic rings. The molecule has 0 bridgehead atoms. The average molecular weight is 445 g/mol. The van der Waals surface area contributed by atoms with Crippen LogP contribution in [0.3, 0.4) is 0 Å². The zero-order chi connectivity index (χ0) is 19.1. The van der Waals surface area contributed by atoms with Gasteiger partial charge in [-0.2, -0.15) is 0 Å². The van der Waals surface area contributed by atoms with E-state index in [1.165, 1.54) is 30.2 Å². The van der Waals surface area contributed by atoms with Gasteiger partial charge in [-0.3, -0.25) is 4.79 Å². The highest BCUT2D eigenvalue weighted by molar-refractivity contribution is 9.10. The maximum Gasteiger partial charge on any atom is 0.191 e. The molecule has 4 rings (SSSR count). The summed E-state index contributed by atoms with van der Waals surface area (Å²) in [4.78, 5) is 12.9. The van der Waals surface area contributed by atoms with E-state index in [2.05, 4.69) is 54.3 Å². The van der Waals surface area contributed by atoms with Gasteiger partial charge in [-0.1, -0.05) is 27.7 Å². The minimum Gasteiger partial charge on any atom is -0.318 e. The zero-order valence-corrected chi connectivity index (χ0v) is 18.0. The molecule has 0 saturated heterocycles. The largest absolute Gasteiger partial charge is 0.318 e. The van der Waals surface area contributed by atoms with E-state index in [0.717, 1.165) is 32.3 Å². The third-order valence-corrected chi connectivity index (χ3v) is 6.79. The van der Waals surface area contributed by atoms with E-state index in [0.29, 0.717) is 11.8 Å². The van der Waals surface area contributed by atoms with E-state index < -0.39 is 0 Å². The van der Waals surface area contributed by atoms with Crippen molar-refractivity contribution in [3.63, 3.8) is 0 Å². The smallest absolute Gasteiger partial charge is 0.191 e. The fourth-order valence-electron chi connectivity index (χ4n) is 3.36. The normalized spacial score (nSPS) is 13.9. The van der Waals surface area contributed by atoms with Crippen molar-refractivity contribution >= 4 is 33.5 Å². The maximum absolute atomic E-state index is 12.9. The van der Waals surface area contributed by atoms with Crippen LogP contribution < -0.4 is 0 Å². The lowest BCUT2D eigenvalue weighted by Gasteiger charge is -2.11. The molecule has 1 fully saturated rings. The van der Waals surface area contributed by atoms with Crippen LogP contribution in [-0.2, 0) is 0 Å². The highest BCUT2D eigenvalue weighted by atomic mass is 79.9. The van der Waals surface area contributed by atoms with Crippen molar-refractivity contribution in [2.75, 3.05) is 5.75 Å². The van der Waals surface area contributed by atoms with Crippen LogP contribution >= 0.6 is 27.7 Å². The standard InChI is InChI=1S/C20H21BrN4OS/c1-12-8-16(6-7-18(12)21)25-13(2)9-17(14(25)3)19(26)10-27-20-23-22-11-24(20)15-4-5-15/h6-9,11,15H,4-5,10H2,1-3H3. The molecule has 0 spiro atoms. The highest BCUT2D eigenvalue weighted by Gasteiger charge is 2.27. The van der Waals surface area contributed by atoms with Crippen LogP contribution in [0.4, 0.5) is 0 Å². The molecule has 0 N–H and O–H groups in total. The van der Waals surface area contributed by atoms with Crippen LogP contribution in [0.25, 0.3) is 5.69 Å². The number of carbonyl (C=O) groups is 1. The van der Waals surface area contributed by atoms with Gasteiger partial charge in [0, 0.05) is 33.2 Å². The number of nitrogens with zero attached hydrogens (tertiary/aromatic N) is 4. The Balaban J connectivity index is 1.56. The summed E-state index contributed by atoms with van der Waals surface area (Å²) in [5.41, 5.74) is 5.05. The van der Waals surface area contributed by atoms with Gasteiger partial charge in [0.15, 0.2) is 10.9 Å². The van der Waals surface area contributed by atoms with E-state index in [1.807, 2.05) is 26.0 Å². The number of rotatable bonds is 6. The lowest BCUT2D eigenvalue weighted by Crippen LogP contribution is -2.07. The lowest BCUT2D eigenvalue weighted by atomic mass is 10.2. The monoisotopic (exact) mass is 444 g/mol. The van der Waals surface area contributed by atoms with Crippen molar-refractivity contribution in [1.82, 2.24) is 19.3 Å². The Hall–Kier alpha value is -1.86. The van der Waals surface area contributed by atoms with E-state index in [1.54, 1.807) is 6.33 Å². The van der Waals surface area contributed by atoms with Gasteiger partial charge in [-0.15, -0.1) is 10.2 Å². The second-order valence-electron chi connectivity index (χ2n) is 7.02. The van der Waals surface area contributed by atoms with Crippen molar-refractivity contribution in [2.45, 2.75) is 44.8 Å². The second kappa shape index (κ2) is 7.28. The Morgan fingerprint density at radius 3 is 2.74 bits per heavy atom. The molecule has 0 radical (unpaired) electrons. The average Bonchev–Trinajstić information content (AvgIpc) is 3.30. The number of hydrogen-bond donors (Lipinski definition) is 0. The summed E-state index contributed by atoms with van der Waals surface area (Å²) in [6, 6.07) is 8.75. The van der Waals surface area contributed by atoms with Gasteiger partial charge in [-0.25, -0.2) is 0 Å². The van der Waals surface area contributed by atoms with Gasteiger partial charge >= 0.3 is 0 Å². The molecule has 5 nitrogen and oxygen atoms in total. The summed E-state index contributed by atoms with van der Waals surface area (Å²) in [5, 5.41) is 9.00. The molecule has 0 unspecified atom stereocenters. The summed E-state index contributed by atoms with van der Waals surface area (Å²) in [6.45, 7) is 6.12. The first-order chi connectivity index (χ1) is 13.0. The first-order valence-corrected chi connectivity index (χ1v) is 10.7. The van der Waals surface area contributed by atoms with Crippen LogP contribution in [0.5, 0.6) is 0 Å². The molecule has 1 saturated carbocycles. The summed E-state index contributed by atoms with van der Waals surface area (Å²) >= 11 is 5.02. The minimum absolute atomic E-state index is 0.124. The molecule has 0 atom stereocenters. The van der Waals surface area contributed by atoms with Crippen molar-refractivity contribution < 1.29 is 4.79 Å². The molecule has 1 aliphatic rings. The summed E-state index contributed by atoms with van der Waals surface area (Å²) in [7, 11) is 0. The predicted octanol–water partition coefficient (Wildman–Crippen LogP) is 5.07. The number of benzene rings is 1. The lowest BCUT2D eigenvalue weighted by molar-refractivity contribution is 0.102. The van der Waals surface area contributed by atoms with Crippen LogP contribution in [-0.4, -0.2) is 30.9 Å². The Kier molecular flexibility index (Phi) is 4.99. The van der Waals surface area contributed by atoms with Gasteiger partial charge in [0.1, 0.15) is 6.33 Å². The fraction of sp³-hybridized carbons (Fsp3) is 0.350. The topological polar surface area (TPSA) is 52.7 Å². The van der Waals surface area contributed by atoms with Gasteiger partial charge in [0.05, 0.1) is 5.75 Å². The van der Waals surface area contributed by atoms with E-state index in [9.17, 15) is 4.79 Å². The number of aromatic nitrogens is 4. The first kappa shape index (κ1) is 18.5. The molecule has 1 aliphatic carbocycles. The third-order valence-electron chi connectivity index (χ3n) is 4.94. The highest BCUT2D eigenvalue weighted by Crippen LogP contribution is 2.37. The molecular weight excluding hydrogens is 424 g/mol. The van der Waals surface area contributed by atoms with Gasteiger partial charge in [0.25, 0.3) is 0 Å². The Bertz CT molecular complexity index is 1020. The number of carbonyl (C=O) groups excluding carboxylic acids is 1. The van der Waals surface area contributed by atoms with E-state index >= 15 is 0 Å². The van der Waals surface area contributed by atoms with E-state index in [-0.39, 0.29) is 5.78 Å². The van der Waals surface area contributed by atoms with Gasteiger partial charge in [0.2, 0.25) is 0 Å². The number of thioether (sulfide) groups is 1. The SMILES string of the molecule is Cc1cc(-n2c(C)cc(C(=O)CSc3nncn3C3CC3)c2C)ccc1Br. The fourth-order valence-corrected chi connectivity index (χ4v) is 4.47. The maximum atomic E-state index is 12.9. The summed E-state index contributed by atoms with van der Waals surface area (Å²) in [6.07, 6.45) is 4.12. The number of halogens is 1. The minimum atomic E-state index is 0.124. The molecular formula is C20H21BrN4OS. The molecule has 2 heterocycles. The second-order valence-corrected chi connectivity index (χ2v) is 8.81. The molecule has 0 amide bonds. The van der Waals surface area contributed by atoms with Crippen LogP contribution in [0.15, 0.2) is 40.2 Å². The van der Waals surface area contributed by atoms with Crippen LogP contribution in [0.1, 0.15) is 46.2 Å². The van der Waals surface area contributed by atoms with Crippen molar-refractivity contribution in [1.29, 1.82) is 0 Å². The van der Waals surface area contributed by atoms with Crippen molar-refractivity contribution in [3.05, 3.63) is 57.6 Å². The molecule has 1 aromatic carbocycles. The van der Waals surface area contributed by atoms with Gasteiger partial charge < -0.3 is 9.13 Å². The third kappa shape index (κ3) is 3.62. The van der Waals surface area contributed by atoms with Crippen molar-refractivity contribution in [3.8, 4) is 5.69 Å². The molecule has 0 aliphatic heterocycles. The molecule has 27 heavy (non-hydrogen) atoms. The van der Waals surface area contributed by atoms with Crippen LogP contribution in [0, 0.1) is 20.8 Å². The van der Waals surface area contributed by atoms with E-state index in [4.69, 9.17) is 0 Å². The number of aryl methyl sites for hydroxylation is 2. The Morgan fingerprint density at radius 1 is 1.26 bits per heavy atom. The zero-order valence-electron chi connectivity index (χ0n) is 15.6. The molecule has 7 heteroatoms. The summed E-state index contributed by atoms with van der Waals surface area (Å²) < 4.78 is 5.32.